The summed E-state index contributed by atoms with van der Waals surface area (Å²) in [5, 5.41) is 6.16. The number of amides is 1. The quantitative estimate of drug-likeness (QED) is 0.869. The van der Waals surface area contributed by atoms with Crippen molar-refractivity contribution in [3.63, 3.8) is 0 Å². The smallest absolute Gasteiger partial charge is 0.227 e. The molecule has 0 bridgehead atoms. The maximum atomic E-state index is 12.1. The van der Waals surface area contributed by atoms with E-state index in [4.69, 9.17) is 9.47 Å². The molecular formula is C16H23ClN2O3. The molecule has 2 aliphatic heterocycles. The third-order valence-corrected chi connectivity index (χ3v) is 4.25. The van der Waals surface area contributed by atoms with Crippen molar-refractivity contribution in [1.29, 1.82) is 0 Å². The van der Waals surface area contributed by atoms with Crippen LogP contribution in [-0.4, -0.2) is 38.3 Å². The van der Waals surface area contributed by atoms with Gasteiger partial charge in [-0.25, -0.2) is 0 Å². The number of rotatable bonds is 5. The van der Waals surface area contributed by atoms with Crippen LogP contribution in [0.4, 0.5) is 5.69 Å². The van der Waals surface area contributed by atoms with Crippen LogP contribution in [-0.2, 0) is 9.53 Å². The summed E-state index contributed by atoms with van der Waals surface area (Å²) >= 11 is 0. The van der Waals surface area contributed by atoms with Crippen molar-refractivity contribution in [1.82, 2.24) is 5.32 Å². The standard InChI is InChI=1S/C16H22N2O3.ClH/c1-11(12-8-17-9-12)16(19)18-13-2-4-14(5-3-13)21-15-6-7-20-10-15;/h2-5,11-12,15,17H,6-10H2,1H3,(H,18,19);1H. The zero-order chi connectivity index (χ0) is 14.7. The number of ether oxygens (including phenoxy) is 2. The molecule has 0 spiro atoms. The van der Waals surface area contributed by atoms with Crippen LogP contribution in [0.15, 0.2) is 24.3 Å². The van der Waals surface area contributed by atoms with Crippen LogP contribution in [0.2, 0.25) is 0 Å². The van der Waals surface area contributed by atoms with E-state index in [1.807, 2.05) is 31.2 Å². The Bertz CT molecular complexity index is 485. The molecule has 6 heteroatoms. The van der Waals surface area contributed by atoms with Gasteiger partial charge in [-0.2, -0.15) is 0 Å². The number of carbonyl (C=O) groups is 1. The van der Waals surface area contributed by atoms with E-state index >= 15 is 0 Å². The SMILES string of the molecule is CC(C(=O)Nc1ccc(OC2CCOC2)cc1)C1CNC1.Cl. The molecule has 2 N–H and O–H groups in total. The van der Waals surface area contributed by atoms with Gasteiger partial charge in [0.05, 0.1) is 13.2 Å². The molecular weight excluding hydrogens is 304 g/mol. The fourth-order valence-electron chi connectivity index (χ4n) is 2.55. The first-order valence-corrected chi connectivity index (χ1v) is 7.58. The molecule has 22 heavy (non-hydrogen) atoms. The van der Waals surface area contributed by atoms with E-state index in [-0.39, 0.29) is 30.3 Å². The van der Waals surface area contributed by atoms with Crippen molar-refractivity contribution in [3.05, 3.63) is 24.3 Å². The van der Waals surface area contributed by atoms with Gasteiger partial charge in [-0.1, -0.05) is 6.92 Å². The lowest BCUT2D eigenvalue weighted by atomic mass is 9.88. The molecule has 2 fully saturated rings. The number of carbonyl (C=O) groups excluding carboxylic acids is 1. The van der Waals surface area contributed by atoms with Crippen LogP contribution in [0, 0.1) is 11.8 Å². The largest absolute Gasteiger partial charge is 0.488 e. The number of hydrogen-bond acceptors (Lipinski definition) is 4. The van der Waals surface area contributed by atoms with Crippen LogP contribution in [0.5, 0.6) is 5.75 Å². The summed E-state index contributed by atoms with van der Waals surface area (Å²) in [7, 11) is 0. The Hall–Kier alpha value is -1.30. The van der Waals surface area contributed by atoms with E-state index in [0.717, 1.165) is 37.6 Å². The van der Waals surface area contributed by atoms with Crippen LogP contribution >= 0.6 is 12.4 Å². The van der Waals surface area contributed by atoms with Gasteiger partial charge in [0.1, 0.15) is 11.9 Å². The first-order chi connectivity index (χ1) is 10.2. The van der Waals surface area contributed by atoms with E-state index in [1.54, 1.807) is 0 Å². The number of anilines is 1. The molecule has 0 radical (unpaired) electrons. The van der Waals surface area contributed by atoms with Crippen molar-refractivity contribution >= 4 is 24.0 Å². The Labute approximate surface area is 137 Å². The Morgan fingerprint density at radius 2 is 2.09 bits per heavy atom. The highest BCUT2D eigenvalue weighted by molar-refractivity contribution is 5.92. The summed E-state index contributed by atoms with van der Waals surface area (Å²) in [6.45, 7) is 5.28. The summed E-state index contributed by atoms with van der Waals surface area (Å²) in [5.41, 5.74) is 0.814. The van der Waals surface area contributed by atoms with Gasteiger partial charge in [-0.05, 0) is 43.3 Å². The maximum absolute atomic E-state index is 12.1. The highest BCUT2D eigenvalue weighted by Crippen LogP contribution is 2.21. The average molecular weight is 327 g/mol. The van der Waals surface area contributed by atoms with Crippen LogP contribution < -0.4 is 15.4 Å². The lowest BCUT2D eigenvalue weighted by Gasteiger charge is -2.31. The highest BCUT2D eigenvalue weighted by atomic mass is 35.5. The van der Waals surface area contributed by atoms with Gasteiger partial charge in [0.2, 0.25) is 5.91 Å². The maximum Gasteiger partial charge on any atom is 0.227 e. The van der Waals surface area contributed by atoms with Gasteiger partial charge in [0.15, 0.2) is 0 Å². The summed E-state index contributed by atoms with van der Waals surface area (Å²) < 4.78 is 11.1. The average Bonchev–Trinajstić information content (AvgIpc) is 2.92. The molecule has 1 aromatic rings. The Morgan fingerprint density at radius 3 is 2.64 bits per heavy atom. The Kier molecular flexibility index (Phi) is 6.06. The zero-order valence-electron chi connectivity index (χ0n) is 12.7. The topological polar surface area (TPSA) is 59.6 Å². The van der Waals surface area contributed by atoms with Crippen molar-refractivity contribution < 1.29 is 14.3 Å². The minimum Gasteiger partial charge on any atom is -0.488 e. The van der Waals surface area contributed by atoms with Crippen molar-refractivity contribution in [2.75, 3.05) is 31.6 Å². The summed E-state index contributed by atoms with van der Waals surface area (Å²) in [5.74, 6) is 1.40. The molecule has 3 rings (SSSR count). The molecule has 2 aliphatic rings. The first-order valence-electron chi connectivity index (χ1n) is 7.58. The van der Waals surface area contributed by atoms with Gasteiger partial charge < -0.3 is 20.1 Å². The second-order valence-corrected chi connectivity index (χ2v) is 5.82. The van der Waals surface area contributed by atoms with Crippen LogP contribution in [0.3, 0.4) is 0 Å². The second kappa shape index (κ2) is 7.81. The van der Waals surface area contributed by atoms with E-state index in [1.165, 1.54) is 0 Å². The van der Waals surface area contributed by atoms with Crippen molar-refractivity contribution in [2.24, 2.45) is 11.8 Å². The van der Waals surface area contributed by atoms with Crippen LogP contribution in [0.1, 0.15) is 13.3 Å². The van der Waals surface area contributed by atoms with E-state index in [2.05, 4.69) is 10.6 Å². The minimum absolute atomic E-state index is 0. The molecule has 2 unspecified atom stereocenters. The number of hydrogen-bond donors (Lipinski definition) is 2. The molecule has 5 nitrogen and oxygen atoms in total. The molecule has 0 saturated carbocycles. The number of benzene rings is 1. The molecule has 1 amide bonds. The Morgan fingerprint density at radius 1 is 1.36 bits per heavy atom. The molecule has 0 aromatic heterocycles. The van der Waals surface area contributed by atoms with E-state index in [9.17, 15) is 4.79 Å². The highest BCUT2D eigenvalue weighted by Gasteiger charge is 2.28. The van der Waals surface area contributed by atoms with Gasteiger partial charge in [0.25, 0.3) is 0 Å². The monoisotopic (exact) mass is 326 g/mol. The van der Waals surface area contributed by atoms with Crippen LogP contribution in [0.25, 0.3) is 0 Å². The fourth-order valence-corrected chi connectivity index (χ4v) is 2.55. The predicted molar refractivity (Wildman–Crippen MR) is 87.7 cm³/mol. The summed E-state index contributed by atoms with van der Waals surface area (Å²) in [6, 6.07) is 7.55. The third kappa shape index (κ3) is 4.12. The summed E-state index contributed by atoms with van der Waals surface area (Å²) in [4.78, 5) is 12.1. The zero-order valence-corrected chi connectivity index (χ0v) is 13.5. The lowest BCUT2D eigenvalue weighted by molar-refractivity contribution is -0.121. The van der Waals surface area contributed by atoms with Gasteiger partial charge in [0, 0.05) is 18.0 Å². The fraction of sp³-hybridized carbons (Fsp3) is 0.562. The summed E-state index contributed by atoms with van der Waals surface area (Å²) in [6.07, 6.45) is 1.09. The molecule has 0 aliphatic carbocycles. The Balaban J connectivity index is 0.00000176. The normalized spacial score (nSPS) is 22.3. The molecule has 2 heterocycles. The lowest BCUT2D eigenvalue weighted by Crippen LogP contribution is -2.48. The van der Waals surface area contributed by atoms with Crippen molar-refractivity contribution in [3.8, 4) is 5.75 Å². The van der Waals surface area contributed by atoms with Gasteiger partial charge in [-0.15, -0.1) is 12.4 Å². The number of halogens is 1. The minimum atomic E-state index is 0. The second-order valence-electron chi connectivity index (χ2n) is 5.82. The van der Waals surface area contributed by atoms with E-state index in [0.29, 0.717) is 12.5 Å². The molecule has 2 atom stereocenters. The number of nitrogens with one attached hydrogen (secondary N) is 2. The van der Waals surface area contributed by atoms with Gasteiger partial charge in [-0.3, -0.25) is 4.79 Å². The molecule has 122 valence electrons. The third-order valence-electron chi connectivity index (χ3n) is 4.25. The first kappa shape index (κ1) is 17.1. The molecule has 2 saturated heterocycles. The van der Waals surface area contributed by atoms with Crippen molar-refractivity contribution in [2.45, 2.75) is 19.4 Å². The predicted octanol–water partition coefficient (Wildman–Crippen LogP) is 2.07. The van der Waals surface area contributed by atoms with E-state index < -0.39 is 0 Å². The molecule has 1 aromatic carbocycles. The van der Waals surface area contributed by atoms with Gasteiger partial charge >= 0.3 is 0 Å².